The van der Waals surface area contributed by atoms with Gasteiger partial charge in [-0.1, -0.05) is 12.2 Å². The van der Waals surface area contributed by atoms with Crippen LogP contribution < -0.4 is 0 Å². The predicted molar refractivity (Wildman–Crippen MR) is 60.9 cm³/mol. The minimum absolute atomic E-state index is 0.0556. The second-order valence-corrected chi connectivity index (χ2v) is 4.65. The molecule has 1 saturated carbocycles. The summed E-state index contributed by atoms with van der Waals surface area (Å²) in [4.78, 5) is 11.8. The van der Waals surface area contributed by atoms with Crippen molar-refractivity contribution in [3.05, 3.63) is 12.2 Å². The fourth-order valence-corrected chi connectivity index (χ4v) is 3.17. The van der Waals surface area contributed by atoms with E-state index in [1.807, 2.05) is 6.92 Å². The number of hydrogen-bond donors (Lipinski definition) is 0. The average molecular weight is 224 g/mol. The van der Waals surface area contributed by atoms with E-state index in [1.54, 1.807) is 0 Å². The van der Waals surface area contributed by atoms with Gasteiger partial charge in [0.2, 0.25) is 0 Å². The number of esters is 1. The quantitative estimate of drug-likeness (QED) is 0.544. The van der Waals surface area contributed by atoms with E-state index in [1.165, 1.54) is 7.11 Å². The molecule has 0 aliphatic heterocycles. The molecule has 0 bridgehead atoms. The number of ether oxygens (including phenoxy) is 2. The maximum atomic E-state index is 11.8. The van der Waals surface area contributed by atoms with Crippen LogP contribution in [0.25, 0.3) is 0 Å². The molecule has 2 aliphatic carbocycles. The number of rotatable bonds is 3. The number of carbonyl (C=O) groups excluding carboxylic acids is 1. The van der Waals surface area contributed by atoms with E-state index in [2.05, 4.69) is 12.2 Å². The summed E-state index contributed by atoms with van der Waals surface area (Å²) in [5.41, 5.74) is 0. The Kier molecular flexibility index (Phi) is 3.64. The van der Waals surface area contributed by atoms with E-state index in [-0.39, 0.29) is 18.0 Å². The third-order valence-corrected chi connectivity index (χ3v) is 3.87. The second kappa shape index (κ2) is 5.00. The maximum absolute atomic E-state index is 11.8. The molecule has 0 N–H and O–H groups in total. The minimum Gasteiger partial charge on any atom is -0.469 e. The van der Waals surface area contributed by atoms with Crippen molar-refractivity contribution < 1.29 is 14.3 Å². The van der Waals surface area contributed by atoms with Crippen molar-refractivity contribution in [2.45, 2.75) is 32.3 Å². The van der Waals surface area contributed by atoms with Gasteiger partial charge in [0, 0.05) is 6.61 Å². The van der Waals surface area contributed by atoms with Gasteiger partial charge in [-0.05, 0) is 38.0 Å². The minimum atomic E-state index is -0.0961. The Morgan fingerprint density at radius 2 is 2.12 bits per heavy atom. The summed E-state index contributed by atoms with van der Waals surface area (Å²) < 4.78 is 10.6. The summed E-state index contributed by atoms with van der Waals surface area (Å²) in [6.45, 7) is 2.65. The molecule has 2 rings (SSSR count). The van der Waals surface area contributed by atoms with Gasteiger partial charge in [0.1, 0.15) is 0 Å². The van der Waals surface area contributed by atoms with Crippen LogP contribution in [0, 0.1) is 17.8 Å². The normalized spacial score (nSPS) is 37.1. The highest BCUT2D eigenvalue weighted by Gasteiger charge is 2.47. The highest BCUT2D eigenvalue weighted by atomic mass is 16.5. The van der Waals surface area contributed by atoms with Crippen LogP contribution in [0.3, 0.4) is 0 Å². The van der Waals surface area contributed by atoms with E-state index >= 15 is 0 Å². The standard InChI is InChI=1S/C13H20O3/c1-3-16-11-8-9-6-4-5-7-10(9)12(11)13(14)15-2/h4-5,9-12H,3,6-8H2,1-2H3. The van der Waals surface area contributed by atoms with Crippen molar-refractivity contribution in [3.8, 4) is 0 Å². The molecule has 16 heavy (non-hydrogen) atoms. The third kappa shape index (κ3) is 2.01. The predicted octanol–water partition coefficient (Wildman–Crippen LogP) is 2.17. The molecule has 90 valence electrons. The van der Waals surface area contributed by atoms with Crippen molar-refractivity contribution >= 4 is 5.97 Å². The van der Waals surface area contributed by atoms with Crippen molar-refractivity contribution in [2.75, 3.05) is 13.7 Å². The van der Waals surface area contributed by atoms with Gasteiger partial charge in [-0.3, -0.25) is 4.79 Å². The molecule has 0 radical (unpaired) electrons. The molecule has 2 aliphatic rings. The van der Waals surface area contributed by atoms with E-state index < -0.39 is 0 Å². The fourth-order valence-electron chi connectivity index (χ4n) is 3.17. The lowest BCUT2D eigenvalue weighted by molar-refractivity contribution is -0.151. The van der Waals surface area contributed by atoms with Crippen molar-refractivity contribution in [3.63, 3.8) is 0 Å². The number of hydrogen-bond acceptors (Lipinski definition) is 3. The number of carbonyl (C=O) groups is 1. The van der Waals surface area contributed by atoms with Crippen molar-refractivity contribution in [1.29, 1.82) is 0 Å². The summed E-state index contributed by atoms with van der Waals surface area (Å²) in [5.74, 6) is 0.876. The van der Waals surface area contributed by atoms with Crippen LogP contribution in [0.1, 0.15) is 26.2 Å². The van der Waals surface area contributed by atoms with Gasteiger partial charge in [0.25, 0.3) is 0 Å². The maximum Gasteiger partial charge on any atom is 0.311 e. The molecule has 0 aromatic heterocycles. The van der Waals surface area contributed by atoms with Crippen LogP contribution in [-0.4, -0.2) is 25.8 Å². The van der Waals surface area contributed by atoms with Gasteiger partial charge in [-0.15, -0.1) is 0 Å². The fraction of sp³-hybridized carbons (Fsp3) is 0.769. The number of fused-ring (bicyclic) bond motifs is 1. The molecular weight excluding hydrogens is 204 g/mol. The van der Waals surface area contributed by atoms with Crippen LogP contribution in [-0.2, 0) is 14.3 Å². The first-order valence-electron chi connectivity index (χ1n) is 6.12. The summed E-state index contributed by atoms with van der Waals surface area (Å²) >= 11 is 0. The number of allylic oxidation sites excluding steroid dienone is 2. The SMILES string of the molecule is CCOC1CC2CC=CCC2C1C(=O)OC. The first kappa shape index (κ1) is 11.6. The van der Waals surface area contributed by atoms with Gasteiger partial charge in [-0.25, -0.2) is 0 Å². The van der Waals surface area contributed by atoms with E-state index in [0.717, 1.165) is 19.3 Å². The molecule has 0 aromatic carbocycles. The zero-order valence-corrected chi connectivity index (χ0v) is 10.0. The first-order chi connectivity index (χ1) is 7.77. The van der Waals surface area contributed by atoms with E-state index in [9.17, 15) is 4.79 Å². The smallest absolute Gasteiger partial charge is 0.311 e. The molecule has 0 spiro atoms. The van der Waals surface area contributed by atoms with Crippen LogP contribution >= 0.6 is 0 Å². The molecule has 0 aromatic rings. The molecule has 3 nitrogen and oxygen atoms in total. The molecule has 1 fully saturated rings. The second-order valence-electron chi connectivity index (χ2n) is 4.65. The van der Waals surface area contributed by atoms with Crippen LogP contribution in [0.2, 0.25) is 0 Å². The van der Waals surface area contributed by atoms with E-state index in [4.69, 9.17) is 9.47 Å². The summed E-state index contributed by atoms with van der Waals surface area (Å²) in [6.07, 6.45) is 7.56. The molecule has 0 heterocycles. The molecule has 0 amide bonds. The zero-order chi connectivity index (χ0) is 11.5. The molecular formula is C13H20O3. The van der Waals surface area contributed by atoms with Gasteiger partial charge < -0.3 is 9.47 Å². The Morgan fingerprint density at radius 1 is 1.38 bits per heavy atom. The molecule has 0 saturated heterocycles. The summed E-state index contributed by atoms with van der Waals surface area (Å²) in [5, 5.41) is 0. The first-order valence-corrected chi connectivity index (χ1v) is 6.12. The van der Waals surface area contributed by atoms with Gasteiger partial charge in [-0.2, -0.15) is 0 Å². The van der Waals surface area contributed by atoms with Gasteiger partial charge in [0.15, 0.2) is 0 Å². The third-order valence-electron chi connectivity index (χ3n) is 3.87. The van der Waals surface area contributed by atoms with Gasteiger partial charge in [0.05, 0.1) is 19.1 Å². The molecule has 3 heteroatoms. The number of methoxy groups -OCH3 is 1. The summed E-state index contributed by atoms with van der Waals surface area (Å²) in [6, 6.07) is 0. The highest BCUT2D eigenvalue weighted by molar-refractivity contribution is 5.74. The lowest BCUT2D eigenvalue weighted by Crippen LogP contribution is -2.32. The Bertz CT molecular complexity index is 285. The Hall–Kier alpha value is -0.830. The van der Waals surface area contributed by atoms with Crippen molar-refractivity contribution in [1.82, 2.24) is 0 Å². The lowest BCUT2D eigenvalue weighted by Gasteiger charge is -2.25. The zero-order valence-electron chi connectivity index (χ0n) is 10.0. The summed E-state index contributed by atoms with van der Waals surface area (Å²) in [7, 11) is 1.47. The molecule has 4 unspecified atom stereocenters. The Morgan fingerprint density at radius 3 is 2.81 bits per heavy atom. The monoisotopic (exact) mass is 224 g/mol. The topological polar surface area (TPSA) is 35.5 Å². The molecule has 4 atom stereocenters. The average Bonchev–Trinajstić information content (AvgIpc) is 2.66. The Balaban J connectivity index is 2.14. The largest absolute Gasteiger partial charge is 0.469 e. The Labute approximate surface area is 96.8 Å². The van der Waals surface area contributed by atoms with Crippen LogP contribution in [0.15, 0.2) is 12.2 Å². The van der Waals surface area contributed by atoms with Crippen LogP contribution in [0.5, 0.6) is 0 Å². The highest BCUT2D eigenvalue weighted by Crippen LogP contribution is 2.45. The van der Waals surface area contributed by atoms with E-state index in [0.29, 0.717) is 18.4 Å². The van der Waals surface area contributed by atoms with Crippen molar-refractivity contribution in [2.24, 2.45) is 17.8 Å². The van der Waals surface area contributed by atoms with Crippen LogP contribution in [0.4, 0.5) is 0 Å². The van der Waals surface area contributed by atoms with Gasteiger partial charge >= 0.3 is 5.97 Å². The lowest BCUT2D eigenvalue weighted by atomic mass is 9.81.